The zero-order valence-corrected chi connectivity index (χ0v) is 83.1. The molecule has 10 N–H and O–H groups in total. The van der Waals surface area contributed by atoms with Crippen LogP contribution in [-0.2, 0) is 24.0 Å². The molecule has 10 heterocycles. The van der Waals surface area contributed by atoms with E-state index in [-0.39, 0.29) is 141 Å². The smallest absolute Gasteiger partial charge is 0.251 e. The van der Waals surface area contributed by atoms with E-state index in [1.165, 1.54) is 19.2 Å². The molecule has 29 heteroatoms. The second-order valence-electron chi connectivity index (χ2n) is 40.8. The number of aromatic amines is 5. The summed E-state index contributed by atoms with van der Waals surface area (Å²) < 4.78 is 57.5. The zero-order valence-electron chi connectivity index (χ0n) is 81.5. The number of nitrogens with one attached hydrogen (secondary N) is 10. The number of H-pyrrole nitrogens is 5. The molecule has 25 nitrogen and oxygen atoms in total. The maximum Gasteiger partial charge on any atom is 0.251 e. The van der Waals surface area contributed by atoms with Crippen LogP contribution in [0.5, 0.6) is 28.7 Å². The molecule has 6 aliphatic carbocycles. The van der Waals surface area contributed by atoms with Crippen molar-refractivity contribution >= 4 is 52.7 Å². The minimum Gasteiger partial charge on any atom is -0.495 e. The number of rotatable bonds is 35. The number of ether oxygens (including phenoxy) is 5. The van der Waals surface area contributed by atoms with E-state index in [1.54, 1.807) is 12.1 Å². The molecule has 5 aliphatic heterocycles. The fourth-order valence-corrected chi connectivity index (χ4v) is 20.8. The van der Waals surface area contributed by atoms with Crippen LogP contribution in [0.4, 0.5) is 8.78 Å². The van der Waals surface area contributed by atoms with Gasteiger partial charge in [0.2, 0.25) is 29.5 Å². The molecule has 21 rings (SSSR count). The zero-order chi connectivity index (χ0) is 99.5. The summed E-state index contributed by atoms with van der Waals surface area (Å²) in [5.74, 6) is 3.68. The summed E-state index contributed by atoms with van der Waals surface area (Å²) in [5, 5.41) is 16.0. The van der Waals surface area contributed by atoms with Crippen molar-refractivity contribution in [2.45, 2.75) is 322 Å². The van der Waals surface area contributed by atoms with Crippen LogP contribution in [0.15, 0.2) is 182 Å². The number of aromatic nitrogens is 5. The Kier molecular flexibility index (Phi) is 32.7. The highest BCUT2D eigenvalue weighted by Gasteiger charge is 2.38. The summed E-state index contributed by atoms with van der Waals surface area (Å²) >= 11 is 12.8. The Labute approximate surface area is 835 Å². The highest BCUT2D eigenvalue weighted by molar-refractivity contribution is 6.32. The van der Waals surface area contributed by atoms with E-state index < -0.39 is 17.6 Å². The number of amides is 5. The van der Waals surface area contributed by atoms with Crippen molar-refractivity contribution in [1.82, 2.24) is 51.5 Å². The largest absolute Gasteiger partial charge is 0.495 e. The van der Waals surface area contributed by atoms with E-state index >= 15 is 0 Å². The summed E-state index contributed by atoms with van der Waals surface area (Å²) in [4.78, 5) is 136. The van der Waals surface area contributed by atoms with Gasteiger partial charge in [0, 0.05) is 154 Å². The number of halogens is 4. The molecule has 11 fully saturated rings. The molecule has 6 saturated carbocycles. The number of carbonyl (C=O) groups is 5. The second-order valence-corrected chi connectivity index (χ2v) is 41.7. The predicted octanol–water partition coefficient (Wildman–Crippen LogP) is 19.8. The molecule has 0 spiro atoms. The van der Waals surface area contributed by atoms with Crippen molar-refractivity contribution in [3.63, 3.8) is 0 Å². The van der Waals surface area contributed by atoms with Crippen LogP contribution in [0.3, 0.4) is 0 Å². The molecule has 142 heavy (non-hydrogen) atoms. The lowest BCUT2D eigenvalue weighted by Crippen LogP contribution is -2.28. The molecule has 11 aliphatic rings. The van der Waals surface area contributed by atoms with Crippen molar-refractivity contribution < 1.29 is 56.4 Å². The average molecular weight is 1980 g/mol. The van der Waals surface area contributed by atoms with Gasteiger partial charge in [-0.15, -0.1) is 0 Å². The SMILES string of the molecule is CC(C)Oc1ccc(C(C[C@H]2CCC(=O)N2)c2ccc(C3CC3)c(=O)[nH]2)cc1.CC(C)Oc1ccc(C(C[C@H]2CCC(=O)N2)c2ccc(C3CC3)c(=O)[nH]2)cc1F.CCCOc1ccc(C(C[C@H]2CCC(=O)N2)c2ccc(C3CC3)c(=O)[nH]2)cc1.COc1cc(F)c(C(C[C@H]2CCC(=O)N2)c2ccc(C3CC3)c(=O)[nH]2)cc1Cl.O=C1CC[C@H](CC(c2ccc(OC3CC3)c(Cl)c2)c2ccc(C3CC3)c(=O)[nH]2)N1. The van der Waals surface area contributed by atoms with Crippen molar-refractivity contribution in [3.05, 3.63) is 315 Å². The van der Waals surface area contributed by atoms with Crippen LogP contribution in [0.25, 0.3) is 0 Å². The minimum atomic E-state index is -0.456. The maximum absolute atomic E-state index is 14.9. The highest BCUT2D eigenvalue weighted by Crippen LogP contribution is 2.47. The van der Waals surface area contributed by atoms with Gasteiger partial charge >= 0.3 is 0 Å². The molecule has 5 amide bonds. The van der Waals surface area contributed by atoms with Gasteiger partial charge in [-0.2, -0.15) is 0 Å². The molecule has 0 radical (unpaired) electrons. The quantitative estimate of drug-likeness (QED) is 0.0176. The molecule has 750 valence electrons. The monoisotopic (exact) mass is 1970 g/mol. The number of methoxy groups -OCH3 is 1. The van der Waals surface area contributed by atoms with Crippen molar-refractivity contribution in [1.29, 1.82) is 0 Å². The molecule has 5 unspecified atom stereocenters. The minimum absolute atomic E-state index is 0.00485. The summed E-state index contributed by atoms with van der Waals surface area (Å²) in [5.41, 5.74) is 12.6. The summed E-state index contributed by atoms with van der Waals surface area (Å²) in [6.45, 7) is 10.5. The van der Waals surface area contributed by atoms with Gasteiger partial charge in [0.15, 0.2) is 11.6 Å². The van der Waals surface area contributed by atoms with Crippen molar-refractivity contribution in [2.75, 3.05) is 13.7 Å². The van der Waals surface area contributed by atoms with Gasteiger partial charge in [-0.1, -0.05) is 96.9 Å². The van der Waals surface area contributed by atoms with E-state index in [1.807, 2.05) is 125 Å². The predicted molar refractivity (Wildman–Crippen MR) is 543 cm³/mol. The molecule has 5 saturated heterocycles. The Hall–Kier alpha value is -12.4. The number of hydrogen-bond acceptors (Lipinski definition) is 15. The van der Waals surface area contributed by atoms with Crippen LogP contribution in [0, 0.1) is 11.6 Å². The molecular formula is C113H130Cl2F2N10O15. The maximum atomic E-state index is 14.9. The second kappa shape index (κ2) is 45.9. The van der Waals surface area contributed by atoms with Gasteiger partial charge in [-0.25, -0.2) is 8.78 Å². The standard InChI is InChI=1S/C23H25ClN2O3.C23H27FN2O3.2C23H28N2O3.C21H22ClFN2O3/c24-19-11-14(3-9-21(19)29-16-5-6-16)18(12-15-4-10-22(27)25-15)20-8-7-17(13-1-2-13)23(28)26-20;1-13(2)29-21-9-5-15(11-19(21)24)18(12-16-6-10-22(27)25-16)20-8-7-17(14-3-4-14)23(28)26-20;1-14(2)28-18-8-5-16(6-9-18)20(13-17-7-12-22(26)24-17)21-11-10-19(15-3-4-15)23(27)25-21;1-2-13-28-18-8-5-16(6-9-18)20(14-17-7-12-22(26)24-17)21-11-10-19(15-3-4-15)23(27)25-21;1-28-19-10-17(23)14(9-16(19)22)15(8-12-4-7-20(26)24-12)18-6-5-13(11-2-3-11)21(27)25-18/h3,7-9,11,13,15-16,18H,1-2,4-6,10,12H2,(H,25,27)(H,26,28);5,7-9,11,13-14,16,18H,3-4,6,10,12H2,1-2H3,(H,25,27)(H,26,28);5-6,8-11,14-15,17,20H,3-4,7,12-13H2,1-2H3,(H,24,26)(H,25,27);5-6,8-11,15,17,20H,2-4,7,12-14H2,1H3,(H,24,26)(H,25,27);5-6,9-12,15H,2-4,7-8H2,1H3,(H,24,26)(H,25,27)/t15-,18?;16-,18?;2*17-,20?;12-,15?/m11111/s1. The van der Waals surface area contributed by atoms with Gasteiger partial charge in [-0.05, 0) is 318 Å². The molecular weight excluding hydrogens is 1850 g/mol. The fraction of sp³-hybridized carbons (Fsp3) is 0.469. The topological polar surface area (TPSA) is 356 Å². The Bertz CT molecular complexity index is 6360. The van der Waals surface area contributed by atoms with E-state index in [9.17, 15) is 56.7 Å². The van der Waals surface area contributed by atoms with E-state index in [4.69, 9.17) is 46.9 Å². The van der Waals surface area contributed by atoms with Gasteiger partial charge in [-0.3, -0.25) is 47.9 Å². The number of benzene rings is 5. The van der Waals surface area contributed by atoms with Gasteiger partial charge < -0.3 is 75.2 Å². The molecule has 5 aromatic heterocycles. The van der Waals surface area contributed by atoms with E-state index in [0.717, 1.165) is 213 Å². The Morgan fingerprint density at radius 2 is 0.634 bits per heavy atom. The molecule has 0 bridgehead atoms. The Balaban J connectivity index is 0.000000122. The molecule has 5 aromatic carbocycles. The third-order valence-corrected chi connectivity index (χ3v) is 29.3. The first-order valence-corrected chi connectivity index (χ1v) is 51.9. The first-order valence-electron chi connectivity index (χ1n) is 51.1. The third-order valence-electron chi connectivity index (χ3n) is 28.8. The molecule has 10 atom stereocenters. The normalized spacial score (nSPS) is 20.6. The number of hydrogen-bond donors (Lipinski definition) is 10. The summed E-state index contributed by atoms with van der Waals surface area (Å²) in [6, 6.07) is 49.8. The van der Waals surface area contributed by atoms with Crippen LogP contribution in [-0.4, -0.2) is 117 Å². The van der Waals surface area contributed by atoms with Gasteiger partial charge in [0.05, 0.1) is 42.1 Å². The average Bonchev–Trinajstić information content (AvgIpc) is 1.59. The third kappa shape index (κ3) is 26.9. The van der Waals surface area contributed by atoms with Crippen LogP contribution in [0.1, 0.15) is 358 Å². The fourth-order valence-electron chi connectivity index (χ4n) is 20.3. The first kappa shape index (κ1) is 101. The van der Waals surface area contributed by atoms with Crippen LogP contribution in [0.2, 0.25) is 10.0 Å². The van der Waals surface area contributed by atoms with Crippen molar-refractivity contribution in [2.24, 2.45) is 0 Å². The summed E-state index contributed by atoms with van der Waals surface area (Å²) in [6.07, 6.45) is 24.2. The van der Waals surface area contributed by atoms with E-state index in [0.29, 0.717) is 115 Å². The first-order chi connectivity index (χ1) is 68.5. The lowest BCUT2D eigenvalue weighted by Gasteiger charge is -2.23. The molecule has 10 aromatic rings. The van der Waals surface area contributed by atoms with Gasteiger partial charge in [0.1, 0.15) is 28.8 Å². The Morgan fingerprint density at radius 3 is 0.930 bits per heavy atom. The van der Waals surface area contributed by atoms with Crippen molar-refractivity contribution in [3.8, 4) is 28.7 Å². The van der Waals surface area contributed by atoms with Crippen LogP contribution < -0.4 is 78.1 Å². The number of pyridine rings is 5. The number of carbonyl (C=O) groups excluding carboxylic acids is 5. The van der Waals surface area contributed by atoms with E-state index in [2.05, 4.69) is 94.8 Å². The lowest BCUT2D eigenvalue weighted by atomic mass is 9.87. The van der Waals surface area contributed by atoms with Crippen LogP contribution >= 0.6 is 23.2 Å². The lowest BCUT2D eigenvalue weighted by molar-refractivity contribution is -0.120. The highest BCUT2D eigenvalue weighted by atomic mass is 35.5. The van der Waals surface area contributed by atoms with Gasteiger partial charge in [0.25, 0.3) is 27.8 Å². The Morgan fingerprint density at radius 1 is 0.324 bits per heavy atom. The summed E-state index contributed by atoms with van der Waals surface area (Å²) in [7, 11) is 1.43.